The number of alkyl halides is 3. The van der Waals surface area contributed by atoms with E-state index in [4.69, 9.17) is 4.42 Å². The summed E-state index contributed by atoms with van der Waals surface area (Å²) in [4.78, 5) is 7.81. The van der Waals surface area contributed by atoms with E-state index in [0.29, 0.717) is 36.2 Å². The fraction of sp³-hybridized carbons (Fsp3) is 0.467. The van der Waals surface area contributed by atoms with E-state index in [1.165, 1.54) is 6.26 Å². The lowest BCUT2D eigenvalue weighted by Crippen LogP contribution is -2.38. The molecule has 0 saturated heterocycles. The van der Waals surface area contributed by atoms with Crippen LogP contribution in [0.2, 0.25) is 0 Å². The minimum Gasteiger partial charge on any atom is -0.467 e. The number of guanidine groups is 1. The van der Waals surface area contributed by atoms with Crippen molar-refractivity contribution in [2.24, 2.45) is 4.99 Å². The molecule has 2 aromatic rings. The monoisotopic (exact) mass is 376 g/mol. The highest BCUT2D eigenvalue weighted by atomic mass is 32.1. The minimum atomic E-state index is -4.42. The van der Waals surface area contributed by atoms with E-state index in [0.717, 1.165) is 16.7 Å². The molecule has 25 heavy (non-hydrogen) atoms. The Labute approximate surface area is 146 Å². The van der Waals surface area contributed by atoms with Crippen LogP contribution in [0.15, 0.2) is 33.2 Å². The normalized spacial score (nSPS) is 13.7. The summed E-state index contributed by atoms with van der Waals surface area (Å²) in [6.45, 7) is 2.96. The standard InChI is InChI=1S/C15H19F3N4O2S/c1-2-19-14(21-8-10(23)11-4-3-7-24-11)20-6-5-13-22-12(9-25-13)15(16,17)18/h3-4,7,9-10,23H,2,5-6,8H2,1H3,(H2,19,20,21). The first-order valence-corrected chi connectivity index (χ1v) is 8.53. The van der Waals surface area contributed by atoms with Crippen LogP contribution in [0.4, 0.5) is 13.2 Å². The molecule has 0 saturated carbocycles. The molecular formula is C15H19F3N4O2S. The zero-order valence-corrected chi connectivity index (χ0v) is 14.3. The van der Waals surface area contributed by atoms with Gasteiger partial charge in [0, 0.05) is 24.9 Å². The van der Waals surface area contributed by atoms with Gasteiger partial charge in [-0.15, -0.1) is 11.3 Å². The van der Waals surface area contributed by atoms with E-state index in [1.807, 2.05) is 6.92 Å². The van der Waals surface area contributed by atoms with E-state index < -0.39 is 18.0 Å². The molecule has 0 bridgehead atoms. The smallest absolute Gasteiger partial charge is 0.434 e. The van der Waals surface area contributed by atoms with Crippen LogP contribution in [-0.4, -0.2) is 35.7 Å². The lowest BCUT2D eigenvalue weighted by atomic mass is 10.3. The number of furan rings is 1. The van der Waals surface area contributed by atoms with Crippen LogP contribution < -0.4 is 10.6 Å². The van der Waals surface area contributed by atoms with Crippen molar-refractivity contribution >= 4 is 17.3 Å². The highest BCUT2D eigenvalue weighted by Crippen LogP contribution is 2.29. The molecule has 1 atom stereocenters. The molecule has 0 aliphatic heterocycles. The number of aliphatic hydroxyl groups is 1. The third-order valence-corrected chi connectivity index (χ3v) is 4.02. The van der Waals surface area contributed by atoms with Crippen LogP contribution in [-0.2, 0) is 12.6 Å². The van der Waals surface area contributed by atoms with Gasteiger partial charge < -0.3 is 20.2 Å². The maximum atomic E-state index is 12.5. The van der Waals surface area contributed by atoms with Crippen molar-refractivity contribution in [1.29, 1.82) is 0 Å². The van der Waals surface area contributed by atoms with Crippen molar-refractivity contribution in [1.82, 2.24) is 15.6 Å². The predicted octanol–water partition coefficient (Wildman–Crippen LogP) is 2.59. The third-order valence-electron chi connectivity index (χ3n) is 3.11. The number of thiazole rings is 1. The number of aliphatic hydroxyl groups excluding tert-OH is 1. The van der Waals surface area contributed by atoms with E-state index in [9.17, 15) is 18.3 Å². The summed E-state index contributed by atoms with van der Waals surface area (Å²) in [6.07, 6.45) is -3.47. The largest absolute Gasteiger partial charge is 0.467 e. The molecule has 0 aliphatic carbocycles. The number of rotatable bonds is 7. The minimum absolute atomic E-state index is 0.0956. The summed E-state index contributed by atoms with van der Waals surface area (Å²) in [7, 11) is 0. The van der Waals surface area contributed by atoms with Crippen molar-refractivity contribution in [2.45, 2.75) is 25.6 Å². The summed E-state index contributed by atoms with van der Waals surface area (Å²) < 4.78 is 42.6. The molecule has 0 fully saturated rings. The summed E-state index contributed by atoms with van der Waals surface area (Å²) in [6, 6.07) is 3.33. The number of hydrogen-bond donors (Lipinski definition) is 3. The van der Waals surface area contributed by atoms with Gasteiger partial charge in [-0.2, -0.15) is 13.2 Å². The fourth-order valence-electron chi connectivity index (χ4n) is 1.93. The maximum absolute atomic E-state index is 12.5. The topological polar surface area (TPSA) is 82.7 Å². The molecule has 0 spiro atoms. The first-order valence-electron chi connectivity index (χ1n) is 7.65. The third kappa shape index (κ3) is 6.05. The molecule has 2 aromatic heterocycles. The molecule has 3 N–H and O–H groups in total. The van der Waals surface area contributed by atoms with Crippen LogP contribution in [0.5, 0.6) is 0 Å². The number of nitrogens with one attached hydrogen (secondary N) is 2. The van der Waals surface area contributed by atoms with Gasteiger partial charge in [0.15, 0.2) is 11.7 Å². The first-order chi connectivity index (χ1) is 11.9. The second kappa shape index (κ2) is 8.86. The molecule has 0 radical (unpaired) electrons. The first kappa shape index (κ1) is 19.3. The van der Waals surface area contributed by atoms with Gasteiger partial charge in [0.25, 0.3) is 0 Å². The van der Waals surface area contributed by atoms with Gasteiger partial charge in [-0.05, 0) is 19.1 Å². The molecular weight excluding hydrogens is 357 g/mol. The number of halogens is 3. The summed E-state index contributed by atoms with van der Waals surface area (Å²) in [5, 5.41) is 17.3. The number of nitrogens with zero attached hydrogens (tertiary/aromatic N) is 2. The predicted molar refractivity (Wildman–Crippen MR) is 88.5 cm³/mol. The highest BCUT2D eigenvalue weighted by Gasteiger charge is 2.33. The van der Waals surface area contributed by atoms with Crippen molar-refractivity contribution in [2.75, 3.05) is 19.6 Å². The number of hydrogen-bond acceptors (Lipinski definition) is 5. The average molecular weight is 376 g/mol. The highest BCUT2D eigenvalue weighted by molar-refractivity contribution is 7.09. The van der Waals surface area contributed by atoms with Gasteiger partial charge >= 0.3 is 6.18 Å². The van der Waals surface area contributed by atoms with Crippen molar-refractivity contribution in [3.63, 3.8) is 0 Å². The van der Waals surface area contributed by atoms with Gasteiger partial charge in [0.1, 0.15) is 11.9 Å². The second-order valence-corrected chi connectivity index (χ2v) is 5.99. The Morgan fingerprint density at radius 1 is 1.44 bits per heavy atom. The van der Waals surface area contributed by atoms with Gasteiger partial charge in [-0.3, -0.25) is 4.99 Å². The van der Waals surface area contributed by atoms with Crippen LogP contribution in [0, 0.1) is 0 Å². The van der Waals surface area contributed by atoms with E-state index in [2.05, 4.69) is 20.6 Å². The fourth-order valence-corrected chi connectivity index (χ4v) is 2.74. The number of aromatic nitrogens is 1. The Bertz CT molecular complexity index is 671. The van der Waals surface area contributed by atoms with Crippen molar-refractivity contribution in [3.8, 4) is 0 Å². The summed E-state index contributed by atoms with van der Waals surface area (Å²) >= 11 is 0.974. The van der Waals surface area contributed by atoms with Crippen molar-refractivity contribution in [3.05, 3.63) is 40.2 Å². The van der Waals surface area contributed by atoms with Crippen LogP contribution in [0.1, 0.15) is 29.5 Å². The van der Waals surface area contributed by atoms with Gasteiger partial charge in [-0.25, -0.2) is 4.98 Å². The molecule has 0 aliphatic rings. The Morgan fingerprint density at radius 2 is 2.24 bits per heavy atom. The molecule has 6 nitrogen and oxygen atoms in total. The van der Waals surface area contributed by atoms with Gasteiger partial charge in [0.2, 0.25) is 0 Å². The maximum Gasteiger partial charge on any atom is 0.434 e. The molecule has 0 aromatic carbocycles. The molecule has 0 amide bonds. The quantitative estimate of drug-likeness (QED) is 0.511. The lowest BCUT2D eigenvalue weighted by Gasteiger charge is -2.12. The zero-order valence-electron chi connectivity index (χ0n) is 13.5. The van der Waals surface area contributed by atoms with Crippen LogP contribution >= 0.6 is 11.3 Å². The average Bonchev–Trinajstić information content (AvgIpc) is 3.23. The number of aliphatic imine (C=N–C) groups is 1. The van der Waals surface area contributed by atoms with Gasteiger partial charge in [-0.1, -0.05) is 0 Å². The van der Waals surface area contributed by atoms with E-state index in [1.54, 1.807) is 12.1 Å². The van der Waals surface area contributed by atoms with Crippen molar-refractivity contribution < 1.29 is 22.7 Å². The second-order valence-electron chi connectivity index (χ2n) is 5.05. The van der Waals surface area contributed by atoms with E-state index in [-0.39, 0.29) is 6.54 Å². The van der Waals surface area contributed by atoms with Gasteiger partial charge in [0.05, 0.1) is 17.8 Å². The zero-order chi connectivity index (χ0) is 18.3. The van der Waals surface area contributed by atoms with Crippen LogP contribution in [0.25, 0.3) is 0 Å². The molecule has 1 unspecified atom stereocenters. The molecule has 2 rings (SSSR count). The Balaban J connectivity index is 1.84. The van der Waals surface area contributed by atoms with Crippen LogP contribution in [0.3, 0.4) is 0 Å². The SMILES string of the molecule is CCNC(=NCC(O)c1ccco1)NCCc1nc(C(F)(F)F)cs1. The Hall–Kier alpha value is -2.07. The summed E-state index contributed by atoms with van der Waals surface area (Å²) in [5.41, 5.74) is -0.866. The molecule has 10 heteroatoms. The molecule has 2 heterocycles. The lowest BCUT2D eigenvalue weighted by molar-refractivity contribution is -0.140. The Morgan fingerprint density at radius 3 is 2.84 bits per heavy atom. The Kier molecular flexibility index (Phi) is 6.82. The molecule has 138 valence electrons. The summed E-state index contributed by atoms with van der Waals surface area (Å²) in [5.74, 6) is 0.878. The van der Waals surface area contributed by atoms with E-state index >= 15 is 0 Å².